The summed E-state index contributed by atoms with van der Waals surface area (Å²) in [6.45, 7) is 34.0. The molecule has 9 aromatic rings. The molecule has 5 aliphatic rings. The summed E-state index contributed by atoms with van der Waals surface area (Å²) in [6.07, 6.45) is 4.43. The fourth-order valence-corrected chi connectivity index (χ4v) is 11.1. The maximum atomic E-state index is 12.5. The van der Waals surface area contributed by atoms with Crippen LogP contribution in [0, 0.1) is 109 Å². The zero-order valence-electron chi connectivity index (χ0n) is 49.9. The summed E-state index contributed by atoms with van der Waals surface area (Å²) in [5.74, 6) is 4.32. The van der Waals surface area contributed by atoms with E-state index in [2.05, 4.69) is 66.3 Å². The number of Topliss-reactive ketones (excluding diaryl/α,β-unsaturated/α-hetero) is 2. The van der Waals surface area contributed by atoms with E-state index in [0.29, 0.717) is 90.7 Å². The number of nitrogens with one attached hydrogen (secondary N) is 1. The smallest absolute Gasteiger partial charge is 0.259 e. The van der Waals surface area contributed by atoms with Crippen LogP contribution < -0.4 is 5.32 Å². The summed E-state index contributed by atoms with van der Waals surface area (Å²) in [5.41, 5.74) is 22.2. The number of rotatable bonds is 0. The van der Waals surface area contributed by atoms with Crippen molar-refractivity contribution in [2.24, 2.45) is 30.0 Å². The number of terminal acetylenes is 1. The Kier molecular flexibility index (Phi) is 14.7. The number of fused-ring (bicyclic) bond motifs is 8. The van der Waals surface area contributed by atoms with Crippen molar-refractivity contribution in [2.45, 2.75) is 131 Å². The average molecular weight is 1140 g/mol. The Hall–Kier alpha value is -9.82. The van der Waals surface area contributed by atoms with E-state index in [9.17, 15) is 19.2 Å². The number of ketones is 2. The van der Waals surface area contributed by atoms with Gasteiger partial charge in [0.05, 0.1) is 85.9 Å². The number of hydrogen-bond donors (Lipinski definition) is 1. The van der Waals surface area contributed by atoms with Gasteiger partial charge in [0.1, 0.15) is 61.6 Å². The van der Waals surface area contributed by atoms with Gasteiger partial charge in [-0.15, -0.1) is 12.3 Å². The van der Waals surface area contributed by atoms with Crippen LogP contribution in [0.25, 0.3) is 65.9 Å². The zero-order chi connectivity index (χ0) is 60.8. The molecule has 0 radical (unpaired) electrons. The molecule has 22 nitrogen and oxygen atoms in total. The number of aromatic nitrogens is 10. The van der Waals surface area contributed by atoms with Gasteiger partial charge in [-0.1, -0.05) is 0 Å². The third-order valence-corrected chi connectivity index (χ3v) is 15.9. The molecule has 0 atom stereocenters. The molecule has 4 aromatic carbocycles. The second-order valence-electron chi connectivity index (χ2n) is 21.0. The van der Waals surface area contributed by atoms with Gasteiger partial charge in [0.25, 0.3) is 11.8 Å². The molecular formula is C61H58N18O4S. The maximum Gasteiger partial charge on any atom is 0.259 e. The first-order chi connectivity index (χ1) is 39.8. The third kappa shape index (κ3) is 9.50. The number of hydrogen-bond acceptors (Lipinski definition) is 22. The van der Waals surface area contributed by atoms with Gasteiger partial charge in [0.2, 0.25) is 17.9 Å². The van der Waals surface area contributed by atoms with Gasteiger partial charge in [0, 0.05) is 33.0 Å². The second kappa shape index (κ2) is 21.5. The molecular weight excluding hydrogens is 1080 g/mol. The van der Waals surface area contributed by atoms with Gasteiger partial charge in [-0.25, -0.2) is 44.8 Å². The molecule has 9 heterocycles. The topological polar surface area (TPSA) is 287 Å². The fourth-order valence-electron chi connectivity index (χ4n) is 10.5. The van der Waals surface area contributed by atoms with Crippen molar-refractivity contribution in [3.05, 3.63) is 101 Å². The number of carbonyl (C=O) groups excluding carboxylic acids is 4. The number of imide groups is 1. The number of nitrogens with zero attached hydrogens (tertiary/aromatic N) is 17. The lowest BCUT2D eigenvalue weighted by Gasteiger charge is -2.29. The highest BCUT2D eigenvalue weighted by Crippen LogP contribution is 2.43. The van der Waals surface area contributed by atoms with Gasteiger partial charge in [-0.3, -0.25) is 24.5 Å². The van der Waals surface area contributed by atoms with Crippen molar-refractivity contribution in [1.82, 2.24) is 58.8 Å². The highest BCUT2D eigenvalue weighted by Gasteiger charge is 2.39. The molecule has 0 fully saturated rings. The van der Waals surface area contributed by atoms with Crippen molar-refractivity contribution < 1.29 is 19.2 Å². The summed E-state index contributed by atoms with van der Waals surface area (Å²) in [7, 11) is 0. The van der Waals surface area contributed by atoms with Crippen LogP contribution in [0.1, 0.15) is 154 Å². The van der Waals surface area contributed by atoms with Crippen LogP contribution in [0.15, 0.2) is 30.0 Å². The highest BCUT2D eigenvalue weighted by atomic mass is 32.1. The number of aryl methyl sites for hydroxylation is 10. The van der Waals surface area contributed by atoms with Gasteiger partial charge in [0.15, 0.2) is 11.6 Å². The van der Waals surface area contributed by atoms with Crippen molar-refractivity contribution >= 4 is 136 Å². The Morgan fingerprint density at radius 3 is 0.905 bits per heavy atom. The minimum Gasteiger partial charge on any atom is -0.294 e. The van der Waals surface area contributed by atoms with E-state index in [1.807, 2.05) is 90.0 Å². The van der Waals surface area contributed by atoms with E-state index in [1.165, 1.54) is 11.7 Å². The summed E-state index contributed by atoms with van der Waals surface area (Å²) < 4.78 is 8.69. The Bertz CT molecular complexity index is 4230. The number of amides is 2. The normalized spacial score (nSPS) is 14.6. The van der Waals surface area contributed by atoms with Gasteiger partial charge >= 0.3 is 0 Å². The van der Waals surface area contributed by atoms with Crippen LogP contribution in [0.2, 0.25) is 0 Å². The molecule has 0 saturated heterocycles. The lowest BCUT2D eigenvalue weighted by molar-refractivity contribution is 0.0835. The first-order valence-corrected chi connectivity index (χ1v) is 27.5. The summed E-state index contributed by atoms with van der Waals surface area (Å²) >= 11 is 1.24. The second-order valence-corrected chi connectivity index (χ2v) is 21.5. The molecule has 14 rings (SSSR count). The van der Waals surface area contributed by atoms with Crippen LogP contribution in [0.4, 0.5) is 0 Å². The average Bonchev–Trinajstić information content (AvgIpc) is 0.905. The van der Waals surface area contributed by atoms with Crippen molar-refractivity contribution in [3.63, 3.8) is 0 Å². The van der Waals surface area contributed by atoms with Crippen LogP contribution in [0.3, 0.4) is 0 Å². The molecule has 1 N–H and O–H groups in total. The van der Waals surface area contributed by atoms with E-state index in [0.717, 1.165) is 112 Å². The van der Waals surface area contributed by atoms with Crippen molar-refractivity contribution in [3.8, 4) is 12.3 Å². The van der Waals surface area contributed by atoms with E-state index in [-0.39, 0.29) is 18.0 Å². The Balaban J connectivity index is 0.000000125. The largest absolute Gasteiger partial charge is 0.294 e. The molecule has 2 amide bonds. The molecule has 1 aliphatic carbocycles. The highest BCUT2D eigenvalue weighted by molar-refractivity contribution is 7.00. The van der Waals surface area contributed by atoms with Crippen LogP contribution in [-0.4, -0.2) is 112 Å². The Labute approximate surface area is 486 Å². The monoisotopic (exact) mass is 1140 g/mol. The Morgan fingerprint density at radius 2 is 0.619 bits per heavy atom. The molecule has 5 aromatic heterocycles. The zero-order valence-corrected chi connectivity index (χ0v) is 50.7. The maximum absolute atomic E-state index is 12.5. The molecule has 0 spiro atoms. The minimum absolute atomic E-state index is 0.165. The fraction of sp³-hybridized carbons (Fsp3) is 0.311. The lowest BCUT2D eigenvalue weighted by atomic mass is 9.75. The van der Waals surface area contributed by atoms with E-state index in [1.54, 1.807) is 39.5 Å². The molecule has 0 unspecified atom stereocenters. The first kappa shape index (κ1) is 57.4. The summed E-state index contributed by atoms with van der Waals surface area (Å²) in [5, 5.41) is 3.32. The molecule has 422 valence electrons. The lowest BCUT2D eigenvalue weighted by Crippen LogP contribution is -2.47. The van der Waals surface area contributed by atoms with E-state index in [4.69, 9.17) is 29.9 Å². The van der Waals surface area contributed by atoms with Crippen LogP contribution in [0.5, 0.6) is 0 Å². The number of aliphatic imine (C=N–C) groups is 6. The number of benzene rings is 4. The first-order valence-electron chi connectivity index (χ1n) is 26.8. The SMILES string of the molecule is C#CC.CC1=NC2=NC(C)=NC3=NC(C)=NC(=N1)N23.Cc1c(C)c2c3c(c(C)c(C)c4c3c1C(=O)CC4=O)C(=O)NC2=O.Cc1nc2c(C)c3nsnc3c(C)c2nc1C.Cc1nc2c3nc(C)c(C)nc3c3nc(C)c(C)nc3c2nc1C. The molecule has 0 saturated carbocycles. The van der Waals surface area contributed by atoms with Gasteiger partial charge in [-0.2, -0.15) is 38.7 Å². The number of amidine groups is 3. The van der Waals surface area contributed by atoms with E-state index < -0.39 is 11.8 Å². The van der Waals surface area contributed by atoms with Crippen LogP contribution >= 0.6 is 11.7 Å². The molecule has 23 heteroatoms. The predicted molar refractivity (Wildman–Crippen MR) is 330 cm³/mol. The van der Waals surface area contributed by atoms with Crippen LogP contribution in [-0.2, 0) is 0 Å². The minimum atomic E-state index is -0.473. The summed E-state index contributed by atoms with van der Waals surface area (Å²) in [4.78, 5) is 115. The van der Waals surface area contributed by atoms with Gasteiger partial charge < -0.3 is 0 Å². The van der Waals surface area contributed by atoms with E-state index >= 15 is 0 Å². The van der Waals surface area contributed by atoms with Crippen molar-refractivity contribution in [1.29, 1.82) is 0 Å². The van der Waals surface area contributed by atoms with Gasteiger partial charge in [-0.05, 0) is 147 Å². The predicted octanol–water partition coefficient (Wildman–Crippen LogP) is 10.3. The number of guanidine groups is 3. The molecule has 84 heavy (non-hydrogen) atoms. The van der Waals surface area contributed by atoms with Crippen molar-refractivity contribution in [2.75, 3.05) is 0 Å². The summed E-state index contributed by atoms with van der Waals surface area (Å²) in [6, 6.07) is 0. The quantitative estimate of drug-likeness (QED) is 0.0639. The Morgan fingerprint density at radius 1 is 0.369 bits per heavy atom. The molecule has 0 bridgehead atoms. The third-order valence-electron chi connectivity index (χ3n) is 15.4. The molecule has 4 aliphatic heterocycles. The number of carbonyl (C=O) groups is 4. The standard InChI is InChI=1S/C19H15NO4.C18H18N6.C12H12N4S.C9H9N7.C3H4/c1-6-8(3)14-17-15(19(24)20-18(14)23)9(4)7(2)13-11(22)5-10(21)12(6)16(13)17;1-7-8(2)20-14-13(19-7)15-17(23-10(4)9(3)21-15)18-16(14)22-11(5)12(6)24-18;1-5-9-10(14-8(4)7(3)13-9)6(2)12-11(5)15-17-16-12;1-4-10-7-12-5(2)14-9-15-6(3)13-8(11-4)16(7)9;1-3-2/h5H2,1-4H3,(H,20,23,24);1-6H3;1-4H3;1-3H3;1H,2H3.